The second kappa shape index (κ2) is 8.03. The molecule has 6 nitrogen and oxygen atoms in total. The van der Waals surface area contributed by atoms with Gasteiger partial charge in [-0.3, -0.25) is 9.59 Å². The average Bonchev–Trinajstić information content (AvgIpc) is 2.99. The molecule has 3 rings (SSSR count). The number of hydrogen-bond donors (Lipinski definition) is 0. The minimum Gasteiger partial charge on any atom is -0.389 e. The highest BCUT2D eigenvalue weighted by Crippen LogP contribution is 2.32. The third-order valence-electron chi connectivity index (χ3n) is 3.93. The van der Waals surface area contributed by atoms with Gasteiger partial charge in [-0.25, -0.2) is 0 Å². The first kappa shape index (κ1) is 18.0. The molecule has 0 spiro atoms. The summed E-state index contributed by atoms with van der Waals surface area (Å²) in [6, 6.07) is 7.20. The van der Waals surface area contributed by atoms with Crippen LogP contribution in [-0.2, 0) is 21.0 Å². The van der Waals surface area contributed by atoms with Crippen LogP contribution in [0.4, 0.5) is 0 Å². The van der Waals surface area contributed by atoms with Gasteiger partial charge in [0, 0.05) is 29.4 Å². The van der Waals surface area contributed by atoms with Crippen LogP contribution in [0.5, 0.6) is 0 Å². The number of carbonyl (C=O) groups excluding carboxylic acids is 2. The van der Waals surface area contributed by atoms with Crippen molar-refractivity contribution in [2.24, 2.45) is 11.1 Å². The fourth-order valence-electron chi connectivity index (χ4n) is 2.61. The first-order valence-electron chi connectivity index (χ1n) is 7.47. The van der Waals surface area contributed by atoms with Gasteiger partial charge in [0.1, 0.15) is 27.5 Å². The van der Waals surface area contributed by atoms with Crippen LogP contribution in [0.2, 0.25) is 9.36 Å². The van der Waals surface area contributed by atoms with Gasteiger partial charge in [0.15, 0.2) is 6.61 Å². The zero-order valence-electron chi connectivity index (χ0n) is 12.9. The molecule has 9 heteroatoms. The minimum absolute atomic E-state index is 0.0360. The van der Waals surface area contributed by atoms with Gasteiger partial charge in [-0.15, -0.1) is 5.10 Å². The normalized spacial score (nSPS) is 21.0. The summed E-state index contributed by atoms with van der Waals surface area (Å²) in [5.41, 5.74) is 1.40. The molecule has 0 saturated heterocycles. The maximum absolute atomic E-state index is 12.3. The second-order valence-corrected chi connectivity index (χ2v) is 7.38. The van der Waals surface area contributed by atoms with Crippen molar-refractivity contribution in [1.82, 2.24) is 9.59 Å². The number of ketones is 2. The van der Waals surface area contributed by atoms with E-state index in [1.807, 2.05) is 12.1 Å². The molecule has 1 saturated carbocycles. The molecular weight excluding hydrogens is 385 g/mol. The van der Waals surface area contributed by atoms with Crippen LogP contribution in [0.25, 0.3) is 0 Å². The predicted octanol–water partition coefficient (Wildman–Crippen LogP) is 3.68. The van der Waals surface area contributed by atoms with Crippen LogP contribution in [0.3, 0.4) is 0 Å². The standard InChI is InChI=1S/C16H13Cl2N3O3S/c17-11-3-1-9(2-4-11)10-5-14(22)12(15(23)6-10)7-19-24-8-13-16(18)25-21-20-13/h1-4,7,10,12H,5-6,8H2/b19-7+. The third kappa shape index (κ3) is 4.42. The summed E-state index contributed by atoms with van der Waals surface area (Å²) in [7, 11) is 0. The molecule has 0 atom stereocenters. The molecule has 0 unspecified atom stereocenters. The van der Waals surface area contributed by atoms with Crippen molar-refractivity contribution in [2.45, 2.75) is 25.4 Å². The first-order chi connectivity index (χ1) is 12.0. The van der Waals surface area contributed by atoms with Crippen LogP contribution in [0.15, 0.2) is 29.4 Å². The van der Waals surface area contributed by atoms with E-state index in [0.29, 0.717) is 15.1 Å². The van der Waals surface area contributed by atoms with Crippen LogP contribution < -0.4 is 0 Å². The van der Waals surface area contributed by atoms with E-state index in [4.69, 9.17) is 28.0 Å². The maximum atomic E-state index is 12.3. The molecule has 130 valence electrons. The van der Waals surface area contributed by atoms with Gasteiger partial charge >= 0.3 is 0 Å². The summed E-state index contributed by atoms with van der Waals surface area (Å²) in [5.74, 6) is -1.33. The van der Waals surface area contributed by atoms with Crippen molar-refractivity contribution in [1.29, 1.82) is 0 Å². The largest absolute Gasteiger partial charge is 0.389 e. The smallest absolute Gasteiger partial charge is 0.163 e. The van der Waals surface area contributed by atoms with E-state index in [9.17, 15) is 9.59 Å². The van der Waals surface area contributed by atoms with Crippen molar-refractivity contribution in [3.63, 3.8) is 0 Å². The Morgan fingerprint density at radius 3 is 2.48 bits per heavy atom. The molecule has 25 heavy (non-hydrogen) atoms. The van der Waals surface area contributed by atoms with Crippen LogP contribution >= 0.6 is 34.7 Å². The maximum Gasteiger partial charge on any atom is 0.163 e. The molecule has 1 fully saturated rings. The molecule has 0 bridgehead atoms. The third-order valence-corrected chi connectivity index (χ3v) is 5.16. The lowest BCUT2D eigenvalue weighted by Gasteiger charge is -2.24. The Hall–Kier alpha value is -1.83. The molecule has 1 aromatic heterocycles. The Kier molecular flexibility index (Phi) is 5.78. The highest BCUT2D eigenvalue weighted by Gasteiger charge is 2.35. The number of halogens is 2. The first-order valence-corrected chi connectivity index (χ1v) is 9.00. The average molecular weight is 398 g/mol. The number of carbonyl (C=O) groups is 2. The monoisotopic (exact) mass is 397 g/mol. The highest BCUT2D eigenvalue weighted by molar-refractivity contribution is 7.10. The number of aromatic nitrogens is 2. The summed E-state index contributed by atoms with van der Waals surface area (Å²) in [4.78, 5) is 29.6. The molecule has 1 aromatic carbocycles. The van der Waals surface area contributed by atoms with E-state index in [0.717, 1.165) is 17.1 Å². The van der Waals surface area contributed by atoms with Gasteiger partial charge in [0.25, 0.3) is 0 Å². The topological polar surface area (TPSA) is 81.5 Å². The van der Waals surface area contributed by atoms with Crippen molar-refractivity contribution in [3.05, 3.63) is 44.9 Å². The van der Waals surface area contributed by atoms with Gasteiger partial charge in [-0.1, -0.05) is 45.0 Å². The van der Waals surface area contributed by atoms with Crippen molar-refractivity contribution < 1.29 is 14.4 Å². The van der Waals surface area contributed by atoms with Crippen LogP contribution in [0.1, 0.15) is 30.0 Å². The molecule has 2 aromatic rings. The summed E-state index contributed by atoms with van der Waals surface area (Å²) < 4.78 is 4.09. The van der Waals surface area contributed by atoms with Crippen molar-refractivity contribution in [2.75, 3.05) is 0 Å². The van der Waals surface area contributed by atoms with Crippen molar-refractivity contribution in [3.8, 4) is 0 Å². The molecule has 0 radical (unpaired) electrons. The van der Waals surface area contributed by atoms with E-state index >= 15 is 0 Å². The number of hydrogen-bond acceptors (Lipinski definition) is 7. The van der Waals surface area contributed by atoms with E-state index in [2.05, 4.69) is 14.7 Å². The van der Waals surface area contributed by atoms with E-state index in [1.54, 1.807) is 12.1 Å². The molecular formula is C16H13Cl2N3O3S. The second-order valence-electron chi connectivity index (χ2n) is 5.59. The lowest BCUT2D eigenvalue weighted by molar-refractivity contribution is -0.133. The summed E-state index contributed by atoms with van der Waals surface area (Å²) >= 11 is 12.8. The predicted molar refractivity (Wildman–Crippen MR) is 95.1 cm³/mol. The molecule has 0 amide bonds. The van der Waals surface area contributed by atoms with Gasteiger partial charge in [0.2, 0.25) is 0 Å². The number of rotatable bonds is 5. The highest BCUT2D eigenvalue weighted by atomic mass is 35.5. The lowest BCUT2D eigenvalue weighted by Crippen LogP contribution is -2.33. The Morgan fingerprint density at radius 2 is 1.88 bits per heavy atom. The fourth-order valence-corrected chi connectivity index (χ4v) is 3.34. The van der Waals surface area contributed by atoms with E-state index < -0.39 is 5.92 Å². The van der Waals surface area contributed by atoms with Gasteiger partial charge < -0.3 is 4.84 Å². The van der Waals surface area contributed by atoms with Gasteiger partial charge in [-0.05, 0) is 23.6 Å². The Balaban J connectivity index is 1.58. The SMILES string of the molecule is O=C1CC(c2ccc(Cl)cc2)CC(=O)C1/C=N/OCc1nnsc1Cl. The fraction of sp³-hybridized carbons (Fsp3) is 0.312. The van der Waals surface area contributed by atoms with Gasteiger partial charge in [-0.2, -0.15) is 0 Å². The Morgan fingerprint density at radius 1 is 1.20 bits per heavy atom. The number of nitrogens with zero attached hydrogens (tertiary/aromatic N) is 3. The summed E-state index contributed by atoms with van der Waals surface area (Å²) in [5, 5.41) is 8.11. The lowest BCUT2D eigenvalue weighted by atomic mass is 9.77. The summed E-state index contributed by atoms with van der Waals surface area (Å²) in [6.45, 7) is 0.0360. The quantitative estimate of drug-likeness (QED) is 0.436. The number of oxime groups is 1. The van der Waals surface area contributed by atoms with Crippen molar-refractivity contribution >= 4 is 52.5 Å². The van der Waals surface area contributed by atoms with Gasteiger partial charge in [0.05, 0.1) is 6.21 Å². The van der Waals surface area contributed by atoms with E-state index in [-0.39, 0.29) is 36.9 Å². The summed E-state index contributed by atoms with van der Waals surface area (Å²) in [6.07, 6.45) is 1.81. The molecule has 1 aliphatic carbocycles. The Labute approximate surface area is 157 Å². The minimum atomic E-state index is -0.868. The Bertz CT molecular complexity index is 789. The molecule has 1 heterocycles. The molecule has 0 N–H and O–H groups in total. The van der Waals surface area contributed by atoms with E-state index in [1.165, 1.54) is 6.21 Å². The number of benzene rings is 1. The van der Waals surface area contributed by atoms with Crippen LogP contribution in [0, 0.1) is 5.92 Å². The molecule has 1 aliphatic rings. The molecule has 0 aliphatic heterocycles. The zero-order valence-corrected chi connectivity index (χ0v) is 15.2. The number of Topliss-reactive ketones (excluding diaryl/α,β-unsaturated/α-hetero) is 2. The van der Waals surface area contributed by atoms with Crippen LogP contribution in [-0.4, -0.2) is 27.4 Å². The zero-order chi connectivity index (χ0) is 17.8.